The summed E-state index contributed by atoms with van der Waals surface area (Å²) >= 11 is 0. The van der Waals surface area contributed by atoms with Crippen LogP contribution in [0.25, 0.3) is 0 Å². The summed E-state index contributed by atoms with van der Waals surface area (Å²) in [5, 5.41) is 18.8. The van der Waals surface area contributed by atoms with E-state index in [1.54, 1.807) is 10.9 Å². The summed E-state index contributed by atoms with van der Waals surface area (Å²) in [4.78, 5) is 0. The lowest BCUT2D eigenvalue weighted by Gasteiger charge is -2.39. The van der Waals surface area contributed by atoms with Gasteiger partial charge in [0.25, 0.3) is 0 Å². The van der Waals surface area contributed by atoms with Crippen LogP contribution in [0, 0.1) is 6.92 Å². The van der Waals surface area contributed by atoms with Crippen LogP contribution in [0.2, 0.25) is 0 Å². The van der Waals surface area contributed by atoms with E-state index in [9.17, 15) is 5.11 Å². The second-order valence-electron chi connectivity index (χ2n) is 6.53. The predicted molar refractivity (Wildman–Crippen MR) is 75.8 cm³/mol. The van der Waals surface area contributed by atoms with Crippen LogP contribution in [-0.4, -0.2) is 52.1 Å². The van der Waals surface area contributed by atoms with E-state index in [2.05, 4.69) is 10.4 Å². The SMILES string of the molecule is Cc1cnn(C2C3OCC(O3)C(NC3CCCC3)C2O)c1. The Morgan fingerprint density at radius 2 is 2.19 bits per heavy atom. The first-order chi connectivity index (χ1) is 10.2. The Bertz CT molecular complexity index is 500. The summed E-state index contributed by atoms with van der Waals surface area (Å²) in [7, 11) is 0. The highest BCUT2D eigenvalue weighted by molar-refractivity contribution is 5.05. The van der Waals surface area contributed by atoms with Gasteiger partial charge in [-0.3, -0.25) is 4.68 Å². The summed E-state index contributed by atoms with van der Waals surface area (Å²) in [6, 6.07) is 0.128. The van der Waals surface area contributed by atoms with Gasteiger partial charge in [0, 0.05) is 12.2 Å². The van der Waals surface area contributed by atoms with Crippen molar-refractivity contribution in [1.29, 1.82) is 0 Å². The van der Waals surface area contributed by atoms with E-state index in [-0.39, 0.29) is 18.2 Å². The molecule has 4 rings (SSSR count). The molecule has 2 N–H and O–H groups in total. The molecule has 116 valence electrons. The van der Waals surface area contributed by atoms with Crippen LogP contribution in [0.15, 0.2) is 12.4 Å². The number of aliphatic hydroxyl groups is 1. The van der Waals surface area contributed by atoms with Crippen molar-refractivity contribution in [2.45, 2.75) is 69.2 Å². The molecule has 1 aliphatic carbocycles. The molecule has 3 aliphatic rings. The second-order valence-corrected chi connectivity index (χ2v) is 6.53. The van der Waals surface area contributed by atoms with Gasteiger partial charge in [0.15, 0.2) is 6.29 Å². The first kappa shape index (κ1) is 13.7. The standard InChI is InChI=1S/C15H23N3O3/c1-9-6-16-18(7-9)13-14(19)12(11-8-20-15(13)21-11)17-10-4-2-3-5-10/h6-7,10-15,17,19H,2-5,8H2,1H3. The van der Waals surface area contributed by atoms with Gasteiger partial charge >= 0.3 is 0 Å². The fraction of sp³-hybridized carbons (Fsp3) is 0.800. The van der Waals surface area contributed by atoms with E-state index in [1.807, 2.05) is 13.1 Å². The number of fused-ring (bicyclic) bond motifs is 2. The number of nitrogens with zero attached hydrogens (tertiary/aromatic N) is 2. The van der Waals surface area contributed by atoms with Crippen molar-refractivity contribution in [3.63, 3.8) is 0 Å². The third-order valence-corrected chi connectivity index (χ3v) is 4.95. The predicted octanol–water partition coefficient (Wildman–Crippen LogP) is 0.749. The maximum absolute atomic E-state index is 10.8. The van der Waals surface area contributed by atoms with Gasteiger partial charge in [-0.1, -0.05) is 12.8 Å². The zero-order valence-electron chi connectivity index (χ0n) is 12.3. The summed E-state index contributed by atoms with van der Waals surface area (Å²) < 4.78 is 13.5. The molecule has 5 unspecified atom stereocenters. The largest absolute Gasteiger partial charge is 0.389 e. The van der Waals surface area contributed by atoms with Gasteiger partial charge in [-0.25, -0.2) is 0 Å². The Labute approximate surface area is 124 Å². The Morgan fingerprint density at radius 3 is 2.90 bits per heavy atom. The van der Waals surface area contributed by atoms with E-state index in [4.69, 9.17) is 9.47 Å². The Morgan fingerprint density at radius 1 is 1.38 bits per heavy atom. The molecule has 0 radical (unpaired) electrons. The molecule has 3 heterocycles. The van der Waals surface area contributed by atoms with Crippen molar-refractivity contribution in [1.82, 2.24) is 15.1 Å². The van der Waals surface area contributed by atoms with Crippen LogP contribution >= 0.6 is 0 Å². The van der Waals surface area contributed by atoms with Crippen molar-refractivity contribution in [3.8, 4) is 0 Å². The number of rotatable bonds is 3. The highest BCUT2D eigenvalue weighted by Gasteiger charge is 2.51. The fourth-order valence-corrected chi connectivity index (χ4v) is 3.85. The molecule has 5 atom stereocenters. The molecule has 1 aromatic heterocycles. The molecule has 1 saturated carbocycles. The molecule has 2 bridgehead atoms. The molecule has 6 heteroatoms. The molecule has 0 amide bonds. The average molecular weight is 293 g/mol. The van der Waals surface area contributed by atoms with Crippen molar-refractivity contribution in [2.24, 2.45) is 0 Å². The van der Waals surface area contributed by atoms with E-state index >= 15 is 0 Å². The Balaban J connectivity index is 1.56. The van der Waals surface area contributed by atoms with Crippen LogP contribution < -0.4 is 5.32 Å². The van der Waals surface area contributed by atoms with Gasteiger partial charge in [0.1, 0.15) is 12.1 Å². The van der Waals surface area contributed by atoms with E-state index in [0.29, 0.717) is 12.6 Å². The number of aryl methyl sites for hydroxylation is 1. The molecule has 0 aromatic carbocycles. The van der Waals surface area contributed by atoms with Gasteiger partial charge in [0.05, 0.1) is 24.9 Å². The van der Waals surface area contributed by atoms with Crippen LogP contribution in [0.4, 0.5) is 0 Å². The molecule has 2 saturated heterocycles. The Kier molecular flexibility index (Phi) is 3.49. The highest BCUT2D eigenvalue weighted by atomic mass is 16.7. The zero-order chi connectivity index (χ0) is 14.4. The second kappa shape index (κ2) is 5.35. The van der Waals surface area contributed by atoms with Gasteiger partial charge in [-0.2, -0.15) is 5.10 Å². The molecular formula is C15H23N3O3. The molecule has 2 aliphatic heterocycles. The number of hydrogen-bond donors (Lipinski definition) is 2. The quantitative estimate of drug-likeness (QED) is 0.861. The summed E-state index contributed by atoms with van der Waals surface area (Å²) in [6.45, 7) is 2.54. The number of hydrogen-bond acceptors (Lipinski definition) is 5. The van der Waals surface area contributed by atoms with Gasteiger partial charge in [-0.15, -0.1) is 0 Å². The molecule has 0 spiro atoms. The average Bonchev–Trinajstić information content (AvgIpc) is 3.17. The highest BCUT2D eigenvalue weighted by Crippen LogP contribution is 2.36. The minimum absolute atomic E-state index is 0.0569. The van der Waals surface area contributed by atoms with Crippen molar-refractivity contribution < 1.29 is 14.6 Å². The van der Waals surface area contributed by atoms with E-state index < -0.39 is 12.4 Å². The molecule has 3 fully saturated rings. The first-order valence-corrected chi connectivity index (χ1v) is 7.94. The summed E-state index contributed by atoms with van der Waals surface area (Å²) in [5.74, 6) is 0. The van der Waals surface area contributed by atoms with Gasteiger partial charge in [-0.05, 0) is 25.3 Å². The summed E-state index contributed by atoms with van der Waals surface area (Å²) in [5.41, 5.74) is 1.07. The molecule has 1 aromatic rings. The number of nitrogens with one attached hydrogen (secondary N) is 1. The van der Waals surface area contributed by atoms with E-state index in [1.165, 1.54) is 25.7 Å². The Hall–Kier alpha value is -0.950. The summed E-state index contributed by atoms with van der Waals surface area (Å²) in [6.07, 6.45) is 7.65. The third-order valence-electron chi connectivity index (χ3n) is 4.95. The fourth-order valence-electron chi connectivity index (χ4n) is 3.85. The topological polar surface area (TPSA) is 68.5 Å². The minimum Gasteiger partial charge on any atom is -0.389 e. The van der Waals surface area contributed by atoms with Crippen LogP contribution in [-0.2, 0) is 9.47 Å². The van der Waals surface area contributed by atoms with Crippen molar-refractivity contribution >= 4 is 0 Å². The normalized spacial score (nSPS) is 40.0. The van der Waals surface area contributed by atoms with Crippen LogP contribution in [0.1, 0.15) is 37.3 Å². The van der Waals surface area contributed by atoms with Crippen LogP contribution in [0.5, 0.6) is 0 Å². The molecule has 21 heavy (non-hydrogen) atoms. The molecule has 6 nitrogen and oxygen atoms in total. The lowest BCUT2D eigenvalue weighted by Crippen LogP contribution is -2.59. The third kappa shape index (κ3) is 2.40. The maximum atomic E-state index is 10.8. The number of aliphatic hydroxyl groups excluding tert-OH is 1. The van der Waals surface area contributed by atoms with Crippen molar-refractivity contribution in [2.75, 3.05) is 6.61 Å². The minimum atomic E-state index is -0.545. The smallest absolute Gasteiger partial charge is 0.183 e. The van der Waals surface area contributed by atoms with Crippen molar-refractivity contribution in [3.05, 3.63) is 18.0 Å². The van der Waals surface area contributed by atoms with E-state index in [0.717, 1.165) is 5.56 Å². The number of aromatic nitrogens is 2. The lowest BCUT2D eigenvalue weighted by atomic mass is 9.95. The van der Waals surface area contributed by atoms with Gasteiger partial charge < -0.3 is 19.9 Å². The monoisotopic (exact) mass is 293 g/mol. The first-order valence-electron chi connectivity index (χ1n) is 7.94. The zero-order valence-corrected chi connectivity index (χ0v) is 12.3. The number of ether oxygens (including phenoxy) is 2. The maximum Gasteiger partial charge on any atom is 0.183 e. The molecular weight excluding hydrogens is 270 g/mol. The van der Waals surface area contributed by atoms with Crippen LogP contribution in [0.3, 0.4) is 0 Å². The lowest BCUT2D eigenvalue weighted by molar-refractivity contribution is -0.169. The van der Waals surface area contributed by atoms with Gasteiger partial charge in [0.2, 0.25) is 0 Å².